The van der Waals surface area contributed by atoms with E-state index in [9.17, 15) is 0 Å². The van der Waals surface area contributed by atoms with Gasteiger partial charge in [0.15, 0.2) is 0 Å². The maximum atomic E-state index is 5.99. The fourth-order valence-corrected chi connectivity index (χ4v) is 3.38. The summed E-state index contributed by atoms with van der Waals surface area (Å²) in [6.45, 7) is 3.68. The van der Waals surface area contributed by atoms with Crippen molar-refractivity contribution in [1.29, 1.82) is 0 Å². The number of halogens is 1. The second-order valence-electron chi connectivity index (χ2n) is 5.34. The molecule has 0 unspecified atom stereocenters. The summed E-state index contributed by atoms with van der Waals surface area (Å²) in [6.07, 6.45) is 2.86. The summed E-state index contributed by atoms with van der Waals surface area (Å²) in [5.41, 5.74) is 3.26. The number of rotatable bonds is 6. The van der Waals surface area contributed by atoms with Gasteiger partial charge in [0.25, 0.3) is 0 Å². The zero-order valence-electron chi connectivity index (χ0n) is 12.9. The van der Waals surface area contributed by atoms with Crippen molar-refractivity contribution in [3.8, 4) is 10.6 Å². The molecule has 1 N–H and O–H groups in total. The van der Waals surface area contributed by atoms with Crippen LogP contribution in [-0.2, 0) is 13.0 Å². The second-order valence-corrected chi connectivity index (χ2v) is 6.89. The van der Waals surface area contributed by atoms with E-state index in [1.165, 1.54) is 5.56 Å². The predicted molar refractivity (Wildman–Crippen MR) is 96.9 cm³/mol. The lowest BCUT2D eigenvalue weighted by Crippen LogP contribution is -2.16. The highest BCUT2D eigenvalue weighted by atomic mass is 35.5. The Morgan fingerprint density at radius 1 is 1.17 bits per heavy atom. The maximum absolute atomic E-state index is 5.99. The third-order valence-corrected chi connectivity index (χ3v) is 4.70. The molecule has 3 nitrogen and oxygen atoms in total. The molecule has 0 saturated heterocycles. The lowest BCUT2D eigenvalue weighted by molar-refractivity contribution is 0.684. The molecular formula is C18H18ClN3S. The van der Waals surface area contributed by atoms with Crippen LogP contribution < -0.4 is 5.32 Å². The maximum Gasteiger partial charge on any atom is 0.107 e. The molecule has 5 heteroatoms. The molecule has 118 valence electrons. The van der Waals surface area contributed by atoms with Crippen molar-refractivity contribution in [2.45, 2.75) is 19.9 Å². The fourth-order valence-electron chi connectivity index (χ4n) is 2.31. The molecule has 2 heterocycles. The van der Waals surface area contributed by atoms with Crippen molar-refractivity contribution >= 4 is 22.9 Å². The number of benzene rings is 1. The fraction of sp³-hybridized carbons (Fsp3) is 0.222. The van der Waals surface area contributed by atoms with E-state index in [2.05, 4.69) is 21.4 Å². The van der Waals surface area contributed by atoms with Crippen molar-refractivity contribution < 1.29 is 0 Å². The van der Waals surface area contributed by atoms with Crippen LogP contribution in [0.3, 0.4) is 0 Å². The van der Waals surface area contributed by atoms with Crippen molar-refractivity contribution in [3.63, 3.8) is 0 Å². The van der Waals surface area contributed by atoms with Crippen LogP contribution in [0.25, 0.3) is 10.6 Å². The average Bonchev–Trinajstić information content (AvgIpc) is 3.01. The number of nitrogens with zero attached hydrogens (tertiary/aromatic N) is 2. The first-order valence-corrected chi connectivity index (χ1v) is 8.74. The summed E-state index contributed by atoms with van der Waals surface area (Å²) in [6, 6.07) is 14.0. The van der Waals surface area contributed by atoms with Gasteiger partial charge in [-0.05, 0) is 49.7 Å². The molecule has 0 amide bonds. The Bertz CT molecular complexity index is 785. The third-order valence-electron chi connectivity index (χ3n) is 3.45. The van der Waals surface area contributed by atoms with Crippen molar-refractivity contribution in [2.24, 2.45) is 0 Å². The van der Waals surface area contributed by atoms with E-state index >= 15 is 0 Å². The molecule has 0 bridgehead atoms. The minimum atomic E-state index is 0.775. The minimum Gasteiger partial charge on any atom is -0.310 e. The summed E-state index contributed by atoms with van der Waals surface area (Å²) >= 11 is 7.68. The lowest BCUT2D eigenvalue weighted by Gasteiger charge is -2.03. The monoisotopic (exact) mass is 343 g/mol. The number of hydrogen-bond acceptors (Lipinski definition) is 4. The molecule has 1 aromatic carbocycles. The molecule has 0 radical (unpaired) electrons. The molecule has 0 atom stereocenters. The zero-order chi connectivity index (χ0) is 16.1. The molecule has 0 spiro atoms. The van der Waals surface area contributed by atoms with Gasteiger partial charge < -0.3 is 5.32 Å². The van der Waals surface area contributed by atoms with Crippen LogP contribution in [0.15, 0.2) is 48.7 Å². The van der Waals surface area contributed by atoms with Gasteiger partial charge in [-0.15, -0.1) is 11.3 Å². The highest BCUT2D eigenvalue weighted by Crippen LogP contribution is 2.24. The quantitative estimate of drug-likeness (QED) is 0.670. The molecule has 0 aliphatic carbocycles. The van der Waals surface area contributed by atoms with Crippen LogP contribution in [0, 0.1) is 6.92 Å². The van der Waals surface area contributed by atoms with E-state index in [1.54, 1.807) is 11.3 Å². The Hall–Kier alpha value is -1.75. The molecule has 0 fully saturated rings. The first-order chi connectivity index (χ1) is 11.2. The highest BCUT2D eigenvalue weighted by molar-refractivity contribution is 7.15. The van der Waals surface area contributed by atoms with Crippen LogP contribution in [0.4, 0.5) is 0 Å². The van der Waals surface area contributed by atoms with E-state index in [4.69, 9.17) is 11.6 Å². The van der Waals surface area contributed by atoms with Crippen molar-refractivity contribution in [2.75, 3.05) is 6.54 Å². The van der Waals surface area contributed by atoms with Gasteiger partial charge in [0, 0.05) is 23.5 Å². The van der Waals surface area contributed by atoms with Gasteiger partial charge in [-0.25, -0.2) is 4.98 Å². The van der Waals surface area contributed by atoms with Crippen LogP contribution in [0.2, 0.25) is 5.02 Å². The normalized spacial score (nSPS) is 10.9. The Morgan fingerprint density at radius 2 is 2.04 bits per heavy atom. The summed E-state index contributed by atoms with van der Waals surface area (Å²) in [7, 11) is 0. The standard InChI is InChI=1S/C18H18ClN3S/c1-13-4-2-7-16(22-13)17-11-21-18(23-17)12-20-9-8-14-5-3-6-15(19)10-14/h2-7,10-11,20H,8-9,12H2,1H3. The topological polar surface area (TPSA) is 37.8 Å². The van der Waals surface area contributed by atoms with Gasteiger partial charge in [0.2, 0.25) is 0 Å². The Labute approximate surface area is 145 Å². The van der Waals surface area contributed by atoms with Crippen LogP contribution >= 0.6 is 22.9 Å². The zero-order valence-corrected chi connectivity index (χ0v) is 14.5. The second kappa shape index (κ2) is 7.68. The molecule has 3 rings (SSSR count). The van der Waals surface area contributed by atoms with Crippen molar-refractivity contribution in [3.05, 3.63) is 69.9 Å². The molecule has 2 aromatic heterocycles. The van der Waals surface area contributed by atoms with Gasteiger partial charge in [-0.2, -0.15) is 0 Å². The number of aryl methyl sites for hydroxylation is 1. The molecule has 0 saturated carbocycles. The number of thiazole rings is 1. The number of pyridine rings is 1. The lowest BCUT2D eigenvalue weighted by atomic mass is 10.1. The van der Waals surface area contributed by atoms with Crippen molar-refractivity contribution in [1.82, 2.24) is 15.3 Å². The Morgan fingerprint density at radius 3 is 2.87 bits per heavy atom. The van der Waals surface area contributed by atoms with E-state index in [0.717, 1.165) is 45.8 Å². The number of hydrogen-bond donors (Lipinski definition) is 1. The van der Waals surface area contributed by atoms with Gasteiger partial charge in [-0.3, -0.25) is 4.98 Å². The molecular weight excluding hydrogens is 326 g/mol. The summed E-state index contributed by atoms with van der Waals surface area (Å²) in [4.78, 5) is 10.1. The molecule has 23 heavy (non-hydrogen) atoms. The van der Waals surface area contributed by atoms with E-state index < -0.39 is 0 Å². The van der Waals surface area contributed by atoms with Crippen LogP contribution in [0.1, 0.15) is 16.3 Å². The van der Waals surface area contributed by atoms with Crippen LogP contribution in [0.5, 0.6) is 0 Å². The Kier molecular flexibility index (Phi) is 5.39. The van der Waals surface area contributed by atoms with Gasteiger partial charge in [0.1, 0.15) is 5.01 Å². The van der Waals surface area contributed by atoms with Gasteiger partial charge >= 0.3 is 0 Å². The summed E-state index contributed by atoms with van der Waals surface area (Å²) in [5, 5.41) is 5.30. The smallest absolute Gasteiger partial charge is 0.107 e. The number of aromatic nitrogens is 2. The largest absolute Gasteiger partial charge is 0.310 e. The average molecular weight is 344 g/mol. The summed E-state index contributed by atoms with van der Waals surface area (Å²) in [5.74, 6) is 0. The highest BCUT2D eigenvalue weighted by Gasteiger charge is 2.05. The number of nitrogens with one attached hydrogen (secondary N) is 1. The molecule has 0 aliphatic rings. The van der Waals surface area contributed by atoms with Crippen LogP contribution in [-0.4, -0.2) is 16.5 Å². The Balaban J connectivity index is 1.51. The predicted octanol–water partition coefficient (Wildman–Crippen LogP) is 4.50. The molecule has 0 aliphatic heterocycles. The summed E-state index contributed by atoms with van der Waals surface area (Å²) < 4.78 is 0. The van der Waals surface area contributed by atoms with Gasteiger partial charge in [0.05, 0.1) is 10.6 Å². The first kappa shape index (κ1) is 16.1. The first-order valence-electron chi connectivity index (χ1n) is 7.54. The minimum absolute atomic E-state index is 0.775. The van der Waals surface area contributed by atoms with E-state index in [1.807, 2.05) is 49.5 Å². The van der Waals surface area contributed by atoms with E-state index in [0.29, 0.717) is 0 Å². The molecule has 3 aromatic rings. The van der Waals surface area contributed by atoms with Gasteiger partial charge in [-0.1, -0.05) is 29.8 Å². The third kappa shape index (κ3) is 4.61. The SMILES string of the molecule is Cc1cccc(-c2cnc(CNCCc3cccc(Cl)c3)s2)n1. The van der Waals surface area contributed by atoms with E-state index in [-0.39, 0.29) is 0 Å².